The van der Waals surface area contributed by atoms with Crippen LogP contribution in [0.3, 0.4) is 0 Å². The molecule has 34 heavy (non-hydrogen) atoms. The van der Waals surface area contributed by atoms with E-state index in [1.165, 1.54) is 4.90 Å². The zero-order valence-corrected chi connectivity index (χ0v) is 18.4. The molecule has 0 aromatic heterocycles. The Labute approximate surface area is 198 Å². The maximum absolute atomic E-state index is 13.0. The highest BCUT2D eigenvalue weighted by Crippen LogP contribution is 2.50. The normalized spacial score (nSPS) is 32.0. The number of likely N-dealkylation sites (tertiary alicyclic amines) is 1. The third-order valence-corrected chi connectivity index (χ3v) is 6.75. The molecule has 2 aromatic rings. The number of ether oxygens (including phenoxy) is 3. The first-order valence-electron chi connectivity index (χ1n) is 10.7. The summed E-state index contributed by atoms with van der Waals surface area (Å²) in [5.74, 6) is -0.567. The number of aliphatic hydroxyl groups is 3. The summed E-state index contributed by atoms with van der Waals surface area (Å²) < 4.78 is 16.4. The number of rotatable bonds is 2. The molecule has 5 rings (SSSR count). The standard InChI is InChI=1S/C23H22ClNO9/c24-10-5-6-16-12(7-10)14-9-25(8-13(14)11-3-1-2-4-15(11)32-16)23(31)34-22-19(28)17(26)18(27)20(33-22)21(29)30/h1-7,13-14,17-20,22,26-28H,8-9H2,(H,29,30)/t13?,14?,17-,18-,19+,20-,22-/m0/s1. The second-order valence-electron chi connectivity index (χ2n) is 8.56. The predicted octanol–water partition coefficient (Wildman–Crippen LogP) is 1.66. The highest BCUT2D eigenvalue weighted by molar-refractivity contribution is 6.30. The number of hydrogen-bond donors (Lipinski definition) is 4. The van der Waals surface area contributed by atoms with Gasteiger partial charge in [-0.25, -0.2) is 9.59 Å². The topological polar surface area (TPSA) is 146 Å². The van der Waals surface area contributed by atoms with Crippen molar-refractivity contribution in [1.82, 2.24) is 4.90 Å². The van der Waals surface area contributed by atoms with Gasteiger partial charge in [0.05, 0.1) is 0 Å². The van der Waals surface area contributed by atoms with Crippen molar-refractivity contribution in [2.24, 2.45) is 0 Å². The highest BCUT2D eigenvalue weighted by Gasteiger charge is 2.50. The molecular weight excluding hydrogens is 470 g/mol. The third-order valence-electron chi connectivity index (χ3n) is 6.52. The first-order chi connectivity index (χ1) is 16.2. The molecule has 2 unspecified atom stereocenters. The van der Waals surface area contributed by atoms with Crippen LogP contribution in [0.15, 0.2) is 42.5 Å². The van der Waals surface area contributed by atoms with Crippen LogP contribution in [0.25, 0.3) is 0 Å². The molecular formula is C23H22ClNO9. The minimum atomic E-state index is -1.88. The molecule has 3 aliphatic rings. The van der Waals surface area contributed by atoms with Crippen LogP contribution in [0.1, 0.15) is 23.0 Å². The van der Waals surface area contributed by atoms with Crippen LogP contribution in [0.5, 0.6) is 11.5 Å². The van der Waals surface area contributed by atoms with Crippen molar-refractivity contribution in [2.45, 2.75) is 42.5 Å². The number of para-hydroxylation sites is 1. The number of nitrogens with zero attached hydrogens (tertiary/aromatic N) is 1. The van der Waals surface area contributed by atoms with Crippen LogP contribution in [0.4, 0.5) is 4.79 Å². The fraction of sp³-hybridized carbons (Fsp3) is 0.391. The molecule has 11 heteroatoms. The molecule has 3 aliphatic heterocycles. The van der Waals surface area contributed by atoms with Crippen molar-refractivity contribution in [2.75, 3.05) is 13.1 Å². The Kier molecular flexibility index (Phi) is 5.86. The minimum absolute atomic E-state index is 0.139. The Morgan fingerprint density at radius 3 is 2.35 bits per heavy atom. The number of hydrogen-bond acceptors (Lipinski definition) is 8. The zero-order valence-electron chi connectivity index (χ0n) is 17.7. The van der Waals surface area contributed by atoms with Crippen LogP contribution >= 0.6 is 11.6 Å². The second-order valence-corrected chi connectivity index (χ2v) is 9.00. The van der Waals surface area contributed by atoms with E-state index >= 15 is 0 Å². The summed E-state index contributed by atoms with van der Waals surface area (Å²) in [5.41, 5.74) is 1.75. The Morgan fingerprint density at radius 1 is 0.941 bits per heavy atom. The van der Waals surface area contributed by atoms with Crippen LogP contribution in [0.2, 0.25) is 5.02 Å². The highest BCUT2D eigenvalue weighted by atomic mass is 35.5. The Morgan fingerprint density at radius 2 is 1.62 bits per heavy atom. The third kappa shape index (κ3) is 3.87. The van der Waals surface area contributed by atoms with Gasteiger partial charge in [0.2, 0.25) is 6.29 Å². The van der Waals surface area contributed by atoms with E-state index in [0.29, 0.717) is 16.5 Å². The lowest BCUT2D eigenvalue weighted by molar-refractivity contribution is -0.279. The maximum atomic E-state index is 13.0. The van der Waals surface area contributed by atoms with Gasteiger partial charge in [0.25, 0.3) is 0 Å². The van der Waals surface area contributed by atoms with Crippen LogP contribution in [-0.4, -0.2) is 81.2 Å². The minimum Gasteiger partial charge on any atom is -0.479 e. The summed E-state index contributed by atoms with van der Waals surface area (Å²) >= 11 is 6.24. The number of aliphatic carboxylic acids is 1. The molecule has 2 fully saturated rings. The fourth-order valence-electron chi connectivity index (χ4n) is 4.81. The van der Waals surface area contributed by atoms with Crippen molar-refractivity contribution in [1.29, 1.82) is 0 Å². The summed E-state index contributed by atoms with van der Waals surface area (Å²) in [6, 6.07) is 12.8. The summed E-state index contributed by atoms with van der Waals surface area (Å²) in [6.45, 7) is 0.497. The van der Waals surface area contributed by atoms with Crippen LogP contribution in [0, 0.1) is 0 Å². The largest absolute Gasteiger partial charge is 0.479 e. The molecule has 4 N–H and O–H groups in total. The second kappa shape index (κ2) is 8.71. The lowest BCUT2D eigenvalue weighted by Crippen LogP contribution is -2.61. The van der Waals surface area contributed by atoms with E-state index in [2.05, 4.69) is 0 Å². The monoisotopic (exact) mass is 491 g/mol. The molecule has 0 radical (unpaired) electrons. The predicted molar refractivity (Wildman–Crippen MR) is 116 cm³/mol. The van der Waals surface area contributed by atoms with Crippen molar-refractivity contribution in [3.8, 4) is 11.5 Å². The molecule has 0 aliphatic carbocycles. The summed E-state index contributed by atoms with van der Waals surface area (Å²) in [5, 5.41) is 39.7. The SMILES string of the molecule is O=C(O)[C@H]1O[C@@H](OC(=O)N2CC3c4ccccc4Oc4ccc(Cl)cc4C3C2)[C@H](O)[C@@H](O)[C@@H]1O. The van der Waals surface area contributed by atoms with Gasteiger partial charge in [-0.3, -0.25) is 0 Å². The first-order valence-corrected chi connectivity index (χ1v) is 11.1. The van der Waals surface area contributed by atoms with Gasteiger partial charge in [-0.05, 0) is 24.3 Å². The van der Waals surface area contributed by atoms with Gasteiger partial charge in [-0.1, -0.05) is 29.8 Å². The van der Waals surface area contributed by atoms with E-state index in [0.717, 1.165) is 11.1 Å². The smallest absolute Gasteiger partial charge is 0.412 e. The van der Waals surface area contributed by atoms with Gasteiger partial charge in [0.15, 0.2) is 6.10 Å². The molecule has 180 valence electrons. The zero-order chi connectivity index (χ0) is 24.1. The van der Waals surface area contributed by atoms with E-state index in [-0.39, 0.29) is 24.9 Å². The Bertz CT molecular complexity index is 1130. The summed E-state index contributed by atoms with van der Waals surface area (Å²) in [6.07, 6.45) is -10.1. The van der Waals surface area contributed by atoms with E-state index in [1.807, 2.05) is 24.3 Å². The van der Waals surface area contributed by atoms with Crippen LogP contribution < -0.4 is 4.74 Å². The average molecular weight is 492 g/mol. The number of amides is 1. The number of fused-ring (bicyclic) bond motifs is 5. The van der Waals surface area contributed by atoms with Gasteiger partial charge in [0, 0.05) is 41.1 Å². The molecule has 0 saturated carbocycles. The summed E-state index contributed by atoms with van der Waals surface area (Å²) in [4.78, 5) is 25.7. The lowest BCUT2D eigenvalue weighted by Gasteiger charge is -2.38. The van der Waals surface area contributed by atoms with Crippen molar-refractivity contribution >= 4 is 23.7 Å². The van der Waals surface area contributed by atoms with E-state index in [4.69, 9.17) is 25.8 Å². The van der Waals surface area contributed by atoms with Gasteiger partial charge in [-0.15, -0.1) is 0 Å². The van der Waals surface area contributed by atoms with Gasteiger partial charge in [-0.2, -0.15) is 0 Å². The van der Waals surface area contributed by atoms with Gasteiger partial charge >= 0.3 is 12.1 Å². The number of aliphatic hydroxyl groups excluding tert-OH is 3. The van der Waals surface area contributed by atoms with Gasteiger partial charge < -0.3 is 39.5 Å². The molecule has 2 saturated heterocycles. The average Bonchev–Trinajstić information content (AvgIpc) is 3.21. The number of carbonyl (C=O) groups excluding carboxylic acids is 1. The number of carbonyl (C=O) groups is 2. The van der Waals surface area contributed by atoms with Crippen LogP contribution in [-0.2, 0) is 14.3 Å². The lowest BCUT2D eigenvalue weighted by atomic mass is 9.84. The fourth-order valence-corrected chi connectivity index (χ4v) is 4.99. The first kappa shape index (κ1) is 22.9. The molecule has 10 nitrogen and oxygen atoms in total. The maximum Gasteiger partial charge on any atom is 0.412 e. The van der Waals surface area contributed by atoms with Crippen molar-refractivity contribution < 1.29 is 44.2 Å². The quantitative estimate of drug-likeness (QED) is 0.492. The molecule has 1 amide bonds. The number of benzene rings is 2. The van der Waals surface area contributed by atoms with Crippen molar-refractivity contribution in [3.05, 3.63) is 58.6 Å². The Hall–Kier alpha value is -2.89. The van der Waals surface area contributed by atoms with Crippen molar-refractivity contribution in [3.63, 3.8) is 0 Å². The molecule has 0 bridgehead atoms. The Balaban J connectivity index is 1.40. The molecule has 3 heterocycles. The van der Waals surface area contributed by atoms with E-state index < -0.39 is 42.8 Å². The molecule has 7 atom stereocenters. The summed E-state index contributed by atoms with van der Waals surface area (Å²) in [7, 11) is 0. The number of carboxylic acids is 1. The number of carboxylic acid groups (broad SMARTS) is 1. The molecule has 2 aromatic carbocycles. The molecule has 0 spiro atoms. The van der Waals surface area contributed by atoms with E-state index in [9.17, 15) is 30.0 Å². The number of halogens is 1. The van der Waals surface area contributed by atoms with Gasteiger partial charge in [0.1, 0.15) is 29.8 Å². The van der Waals surface area contributed by atoms with E-state index in [1.54, 1.807) is 18.2 Å².